The number of piperidine rings is 1. The first kappa shape index (κ1) is 16.3. The van der Waals surface area contributed by atoms with Gasteiger partial charge in [-0.15, -0.1) is 0 Å². The first-order chi connectivity index (χ1) is 10.1. The third-order valence-corrected chi connectivity index (χ3v) is 4.71. The molecule has 116 valence electrons. The molecule has 1 aliphatic rings. The number of halogens is 1. The molecule has 1 saturated heterocycles. The lowest BCUT2D eigenvalue weighted by Crippen LogP contribution is -2.45. The van der Waals surface area contributed by atoms with Gasteiger partial charge < -0.3 is 5.32 Å². The van der Waals surface area contributed by atoms with Crippen molar-refractivity contribution in [2.24, 2.45) is 5.92 Å². The van der Waals surface area contributed by atoms with E-state index in [0.29, 0.717) is 24.0 Å². The van der Waals surface area contributed by atoms with Gasteiger partial charge in [-0.3, -0.25) is 9.69 Å². The molecule has 1 fully saturated rings. The van der Waals surface area contributed by atoms with E-state index in [0.717, 1.165) is 24.6 Å². The molecule has 3 nitrogen and oxygen atoms in total. The normalized spacial score (nSPS) is 18.4. The highest BCUT2D eigenvalue weighted by atomic mass is 35.5. The second kappa shape index (κ2) is 7.81. The largest absolute Gasteiger partial charge is 0.354 e. The van der Waals surface area contributed by atoms with Crippen LogP contribution in [0.1, 0.15) is 32.3 Å². The fraction of sp³-hybridized carbons (Fsp3) is 0.588. The Bertz CT molecular complexity index is 470. The van der Waals surface area contributed by atoms with Crippen LogP contribution in [0, 0.1) is 5.92 Å². The predicted octanol–water partition coefficient (Wildman–Crippen LogP) is 3.12. The summed E-state index contributed by atoms with van der Waals surface area (Å²) < 4.78 is 0. The summed E-state index contributed by atoms with van der Waals surface area (Å²) in [5.41, 5.74) is 0.885. The summed E-state index contributed by atoms with van der Waals surface area (Å²) in [5, 5.41) is 3.69. The number of hydrogen-bond donors (Lipinski definition) is 1. The molecule has 0 bridgehead atoms. The van der Waals surface area contributed by atoms with Crippen LogP contribution in [-0.4, -0.2) is 36.5 Å². The molecule has 0 aliphatic carbocycles. The minimum atomic E-state index is 0.0420. The van der Waals surface area contributed by atoms with Crippen LogP contribution >= 0.6 is 11.6 Å². The molecule has 0 saturated carbocycles. The molecule has 1 heterocycles. The molecular weight excluding hydrogens is 284 g/mol. The van der Waals surface area contributed by atoms with Crippen molar-refractivity contribution >= 4 is 17.5 Å². The second-order valence-corrected chi connectivity index (χ2v) is 6.55. The summed E-state index contributed by atoms with van der Waals surface area (Å²) in [6.45, 7) is 7.49. The predicted molar refractivity (Wildman–Crippen MR) is 87.6 cm³/mol. The number of amides is 1. The number of nitrogens with one attached hydrogen (secondary N) is 1. The lowest BCUT2D eigenvalue weighted by Gasteiger charge is -2.35. The zero-order valence-corrected chi connectivity index (χ0v) is 13.7. The number of benzene rings is 1. The lowest BCUT2D eigenvalue weighted by molar-refractivity contribution is -0.120. The van der Waals surface area contributed by atoms with E-state index in [1.807, 2.05) is 24.3 Å². The van der Waals surface area contributed by atoms with Crippen molar-refractivity contribution in [1.82, 2.24) is 10.2 Å². The molecule has 1 aromatic carbocycles. The quantitative estimate of drug-likeness (QED) is 0.906. The van der Waals surface area contributed by atoms with Crippen LogP contribution < -0.4 is 5.32 Å². The third-order valence-electron chi connectivity index (χ3n) is 4.35. The molecule has 2 rings (SSSR count). The Balaban J connectivity index is 1.75. The number of carbonyl (C=O) groups is 1. The molecule has 4 heteroatoms. The van der Waals surface area contributed by atoms with Gasteiger partial charge in [0.05, 0.1) is 6.42 Å². The van der Waals surface area contributed by atoms with Crippen molar-refractivity contribution < 1.29 is 4.79 Å². The van der Waals surface area contributed by atoms with Crippen molar-refractivity contribution in [3.05, 3.63) is 34.9 Å². The highest BCUT2D eigenvalue weighted by Crippen LogP contribution is 2.18. The van der Waals surface area contributed by atoms with Crippen LogP contribution in [-0.2, 0) is 11.2 Å². The number of likely N-dealkylation sites (tertiary alicyclic amines) is 1. The van der Waals surface area contributed by atoms with Gasteiger partial charge in [0.25, 0.3) is 0 Å². The van der Waals surface area contributed by atoms with Gasteiger partial charge in [0.1, 0.15) is 0 Å². The molecular formula is C17H25ClN2O. The van der Waals surface area contributed by atoms with Crippen molar-refractivity contribution in [1.29, 1.82) is 0 Å². The molecule has 0 spiro atoms. The van der Waals surface area contributed by atoms with Gasteiger partial charge in [-0.1, -0.05) is 36.7 Å². The summed E-state index contributed by atoms with van der Waals surface area (Å²) >= 11 is 6.08. The average Bonchev–Trinajstić information content (AvgIpc) is 2.48. The van der Waals surface area contributed by atoms with Gasteiger partial charge in [0, 0.05) is 17.6 Å². The van der Waals surface area contributed by atoms with Gasteiger partial charge in [-0.05, 0) is 50.4 Å². The van der Waals surface area contributed by atoms with Crippen LogP contribution in [0.3, 0.4) is 0 Å². The smallest absolute Gasteiger partial charge is 0.224 e. The van der Waals surface area contributed by atoms with Gasteiger partial charge in [-0.2, -0.15) is 0 Å². The Labute approximate surface area is 132 Å². The highest BCUT2D eigenvalue weighted by Gasteiger charge is 2.20. The van der Waals surface area contributed by atoms with Gasteiger partial charge in [0.2, 0.25) is 5.91 Å². The maximum Gasteiger partial charge on any atom is 0.224 e. The first-order valence-corrected chi connectivity index (χ1v) is 8.18. The van der Waals surface area contributed by atoms with E-state index in [1.165, 1.54) is 12.8 Å². The van der Waals surface area contributed by atoms with Crippen molar-refractivity contribution in [3.8, 4) is 0 Å². The Morgan fingerprint density at radius 2 is 2.05 bits per heavy atom. The molecule has 0 radical (unpaired) electrons. The zero-order valence-electron chi connectivity index (χ0n) is 12.9. The topological polar surface area (TPSA) is 32.3 Å². The van der Waals surface area contributed by atoms with Crippen LogP contribution in [0.25, 0.3) is 0 Å². The monoisotopic (exact) mass is 308 g/mol. The third kappa shape index (κ3) is 5.01. The summed E-state index contributed by atoms with van der Waals surface area (Å²) in [6.07, 6.45) is 2.87. The minimum Gasteiger partial charge on any atom is -0.354 e. The Hall–Kier alpha value is -1.06. The van der Waals surface area contributed by atoms with Gasteiger partial charge in [-0.25, -0.2) is 0 Å². The van der Waals surface area contributed by atoms with E-state index in [9.17, 15) is 4.79 Å². The molecule has 1 atom stereocenters. The van der Waals surface area contributed by atoms with Gasteiger partial charge >= 0.3 is 0 Å². The van der Waals surface area contributed by atoms with Gasteiger partial charge in [0.15, 0.2) is 0 Å². The SMILES string of the molecule is CC1CCN([C@@H](C)CNC(=O)Cc2ccccc2Cl)CC1. The number of nitrogens with zero attached hydrogens (tertiary/aromatic N) is 1. The summed E-state index contributed by atoms with van der Waals surface area (Å²) in [5.74, 6) is 0.878. The van der Waals surface area contributed by atoms with Crippen molar-refractivity contribution in [2.75, 3.05) is 19.6 Å². The van der Waals surface area contributed by atoms with E-state index in [1.54, 1.807) is 0 Å². The van der Waals surface area contributed by atoms with Crippen LogP contribution in [0.4, 0.5) is 0 Å². The fourth-order valence-corrected chi connectivity index (χ4v) is 2.94. The Morgan fingerprint density at radius 1 is 1.38 bits per heavy atom. The average molecular weight is 309 g/mol. The Morgan fingerprint density at radius 3 is 2.71 bits per heavy atom. The summed E-state index contributed by atoms with van der Waals surface area (Å²) in [6, 6.07) is 7.90. The molecule has 1 amide bonds. The van der Waals surface area contributed by atoms with Crippen LogP contribution in [0.5, 0.6) is 0 Å². The number of hydrogen-bond acceptors (Lipinski definition) is 2. The van der Waals surface area contributed by atoms with Crippen LogP contribution in [0.2, 0.25) is 5.02 Å². The molecule has 0 aromatic heterocycles. The standard InChI is InChI=1S/C17H25ClN2O/c1-13-7-9-20(10-8-13)14(2)12-19-17(21)11-15-5-3-4-6-16(15)18/h3-6,13-14H,7-12H2,1-2H3,(H,19,21)/t14-/m0/s1. The molecule has 0 unspecified atom stereocenters. The molecule has 1 N–H and O–H groups in total. The lowest BCUT2D eigenvalue weighted by atomic mass is 9.98. The first-order valence-electron chi connectivity index (χ1n) is 7.80. The summed E-state index contributed by atoms with van der Waals surface area (Å²) in [4.78, 5) is 14.5. The minimum absolute atomic E-state index is 0.0420. The zero-order chi connectivity index (χ0) is 15.2. The molecule has 21 heavy (non-hydrogen) atoms. The van der Waals surface area contributed by atoms with E-state index >= 15 is 0 Å². The van der Waals surface area contributed by atoms with E-state index < -0.39 is 0 Å². The molecule has 1 aliphatic heterocycles. The van der Waals surface area contributed by atoms with E-state index in [4.69, 9.17) is 11.6 Å². The van der Waals surface area contributed by atoms with Crippen molar-refractivity contribution in [3.63, 3.8) is 0 Å². The number of carbonyl (C=O) groups excluding carboxylic acids is 1. The maximum absolute atomic E-state index is 12.0. The van der Waals surface area contributed by atoms with E-state index in [2.05, 4.69) is 24.1 Å². The second-order valence-electron chi connectivity index (χ2n) is 6.14. The maximum atomic E-state index is 12.0. The Kier molecular flexibility index (Phi) is 6.07. The fourth-order valence-electron chi connectivity index (χ4n) is 2.74. The van der Waals surface area contributed by atoms with Crippen molar-refractivity contribution in [2.45, 2.75) is 39.2 Å². The highest BCUT2D eigenvalue weighted by molar-refractivity contribution is 6.31. The van der Waals surface area contributed by atoms with E-state index in [-0.39, 0.29) is 5.91 Å². The molecule has 1 aromatic rings. The van der Waals surface area contributed by atoms with Crippen LogP contribution in [0.15, 0.2) is 24.3 Å². The summed E-state index contributed by atoms with van der Waals surface area (Å²) in [7, 11) is 0. The number of rotatable bonds is 5.